The van der Waals surface area contributed by atoms with Gasteiger partial charge in [-0.3, -0.25) is 9.52 Å². The molecular formula is C32H31FN6O5S. The molecule has 232 valence electrons. The number of aromatic amines is 1. The summed E-state index contributed by atoms with van der Waals surface area (Å²) in [4.78, 5) is 21.1. The Morgan fingerprint density at radius 2 is 1.89 bits per heavy atom. The topological polar surface area (TPSA) is 154 Å². The number of halogens is 1. The smallest absolute Gasteiger partial charge is 0.235 e. The molecule has 4 heterocycles. The third-order valence-corrected chi connectivity index (χ3v) is 10.2. The van der Waals surface area contributed by atoms with Gasteiger partial charge < -0.3 is 20.2 Å². The molecule has 2 fully saturated rings. The minimum atomic E-state index is -3.61. The van der Waals surface area contributed by atoms with Crippen LogP contribution >= 0.6 is 0 Å². The highest BCUT2D eigenvalue weighted by Gasteiger charge is 2.32. The van der Waals surface area contributed by atoms with Crippen LogP contribution in [-0.4, -0.2) is 52.4 Å². The number of H-pyrrole nitrogens is 1. The van der Waals surface area contributed by atoms with Gasteiger partial charge in [-0.15, -0.1) is 0 Å². The second-order valence-corrected chi connectivity index (χ2v) is 13.4. The molecule has 0 radical (unpaired) electrons. The first-order valence-electron chi connectivity index (χ1n) is 14.7. The van der Waals surface area contributed by atoms with Crippen LogP contribution in [0.3, 0.4) is 0 Å². The van der Waals surface area contributed by atoms with Gasteiger partial charge in [-0.2, -0.15) is 5.10 Å². The highest BCUT2D eigenvalue weighted by molar-refractivity contribution is 7.93. The van der Waals surface area contributed by atoms with Crippen molar-refractivity contribution in [2.45, 2.75) is 43.8 Å². The molecule has 2 aliphatic rings. The molecule has 5 aromatic rings. The summed E-state index contributed by atoms with van der Waals surface area (Å²) in [7, 11) is -3.61. The van der Waals surface area contributed by atoms with Crippen molar-refractivity contribution in [3.63, 3.8) is 0 Å². The van der Waals surface area contributed by atoms with Crippen molar-refractivity contribution < 1.29 is 27.1 Å². The summed E-state index contributed by atoms with van der Waals surface area (Å²) in [6.07, 6.45) is 5.76. The zero-order valence-corrected chi connectivity index (χ0v) is 25.2. The number of aryl methyl sites for hydroxylation is 1. The number of hydrogen-bond donors (Lipinski definition) is 3. The molecule has 11 nitrogen and oxygen atoms in total. The normalized spacial score (nSPS) is 15.8. The van der Waals surface area contributed by atoms with Crippen molar-refractivity contribution in [3.8, 4) is 17.3 Å². The Morgan fingerprint density at radius 1 is 1.11 bits per heavy atom. The summed E-state index contributed by atoms with van der Waals surface area (Å²) in [5.74, 6) is -0.234. The molecule has 1 saturated heterocycles. The minimum absolute atomic E-state index is 0.0510. The first-order valence-corrected chi connectivity index (χ1v) is 16.3. The van der Waals surface area contributed by atoms with E-state index in [1.54, 1.807) is 37.3 Å². The molecule has 0 bridgehead atoms. The van der Waals surface area contributed by atoms with Gasteiger partial charge in [-0.1, -0.05) is 12.1 Å². The number of rotatable bonds is 9. The van der Waals surface area contributed by atoms with Crippen molar-refractivity contribution in [1.82, 2.24) is 19.7 Å². The molecule has 1 saturated carbocycles. The first kappa shape index (κ1) is 29.0. The second kappa shape index (κ2) is 11.3. The van der Waals surface area contributed by atoms with E-state index in [1.807, 2.05) is 6.07 Å². The number of ether oxygens (including phenoxy) is 2. The summed E-state index contributed by atoms with van der Waals surface area (Å²) in [5, 5.41) is 4.64. The number of ketones is 1. The fraction of sp³-hybridized carbons (Fsp3) is 0.281. The number of aromatic nitrogens is 4. The number of para-hydroxylation sites is 1. The van der Waals surface area contributed by atoms with Crippen molar-refractivity contribution in [2.24, 2.45) is 0 Å². The summed E-state index contributed by atoms with van der Waals surface area (Å²) in [6.45, 7) is 2.65. The Labute approximate surface area is 258 Å². The van der Waals surface area contributed by atoms with Crippen LogP contribution < -0.4 is 15.2 Å². The predicted octanol–water partition coefficient (Wildman–Crippen LogP) is 5.60. The fourth-order valence-electron chi connectivity index (χ4n) is 5.67. The minimum Gasteiger partial charge on any atom is -0.436 e. The zero-order valence-electron chi connectivity index (χ0n) is 24.4. The van der Waals surface area contributed by atoms with E-state index in [1.165, 1.54) is 29.2 Å². The van der Waals surface area contributed by atoms with Gasteiger partial charge in [0, 0.05) is 30.2 Å². The summed E-state index contributed by atoms with van der Waals surface area (Å²) in [6, 6.07) is 13.1. The molecule has 1 aliphatic heterocycles. The molecule has 2 aromatic carbocycles. The van der Waals surface area contributed by atoms with Gasteiger partial charge in [0.05, 0.1) is 40.3 Å². The highest BCUT2D eigenvalue weighted by atomic mass is 32.2. The average molecular weight is 631 g/mol. The number of nitrogens with one attached hydrogen (secondary N) is 2. The average Bonchev–Trinajstić information content (AvgIpc) is 3.68. The van der Waals surface area contributed by atoms with Crippen molar-refractivity contribution in [2.75, 3.05) is 23.7 Å². The number of sulfonamides is 1. The lowest BCUT2D eigenvalue weighted by atomic mass is 10.1. The van der Waals surface area contributed by atoms with Gasteiger partial charge in [-0.25, -0.2) is 22.5 Å². The van der Waals surface area contributed by atoms with Crippen LogP contribution in [0.5, 0.6) is 11.6 Å². The summed E-state index contributed by atoms with van der Waals surface area (Å²) in [5.41, 5.74) is 10.2. The molecule has 45 heavy (non-hydrogen) atoms. The zero-order chi connectivity index (χ0) is 31.3. The predicted molar refractivity (Wildman–Crippen MR) is 167 cm³/mol. The number of nitrogen functional groups attached to an aromatic ring is 1. The van der Waals surface area contributed by atoms with Gasteiger partial charge >= 0.3 is 0 Å². The lowest BCUT2D eigenvalue weighted by Gasteiger charge is -2.23. The van der Waals surface area contributed by atoms with Crippen LogP contribution in [0.1, 0.15) is 58.8 Å². The molecule has 0 atom stereocenters. The Morgan fingerprint density at radius 3 is 2.62 bits per heavy atom. The molecule has 13 heteroatoms. The number of nitrogens with zero attached hydrogens (tertiary/aromatic N) is 3. The SMILES string of the molecule is Cc1cc(Oc2ccccc2F)ncc1-n1ncc(C(=O)c2cc3cc(C4CC4)c(NS(=O)(=O)C4CCOCC4)cc3[nH]2)c1N. The van der Waals surface area contributed by atoms with E-state index in [-0.39, 0.29) is 34.7 Å². The molecule has 3 aromatic heterocycles. The van der Waals surface area contributed by atoms with Crippen LogP contribution in [0, 0.1) is 12.7 Å². The van der Waals surface area contributed by atoms with Crippen molar-refractivity contribution in [3.05, 3.63) is 89.1 Å². The summed E-state index contributed by atoms with van der Waals surface area (Å²) < 4.78 is 55.6. The number of anilines is 2. The van der Waals surface area contributed by atoms with Crippen molar-refractivity contribution >= 4 is 38.2 Å². The van der Waals surface area contributed by atoms with E-state index >= 15 is 0 Å². The Kier molecular flexibility index (Phi) is 7.29. The van der Waals surface area contributed by atoms with Gasteiger partial charge in [-0.05, 0) is 80.0 Å². The monoisotopic (exact) mass is 630 g/mol. The molecule has 0 spiro atoms. The van der Waals surface area contributed by atoms with Crippen LogP contribution in [-0.2, 0) is 14.8 Å². The third-order valence-electron chi connectivity index (χ3n) is 8.30. The lowest BCUT2D eigenvalue weighted by Crippen LogP contribution is -2.33. The van der Waals surface area contributed by atoms with Crippen molar-refractivity contribution in [1.29, 1.82) is 0 Å². The summed E-state index contributed by atoms with van der Waals surface area (Å²) >= 11 is 0. The molecule has 4 N–H and O–H groups in total. The molecule has 0 amide bonds. The van der Waals surface area contributed by atoms with Gasteiger partial charge in [0.2, 0.25) is 21.7 Å². The molecule has 1 aliphatic carbocycles. The van der Waals surface area contributed by atoms with Gasteiger partial charge in [0.1, 0.15) is 5.82 Å². The fourth-order valence-corrected chi connectivity index (χ4v) is 7.14. The number of hydrogen-bond acceptors (Lipinski definition) is 8. The maximum absolute atomic E-state index is 14.0. The quantitative estimate of drug-likeness (QED) is 0.178. The standard InChI is InChI=1S/C32H31FN6O5S/c1-18-12-30(44-29-5-3-2-4-24(29)33)35-17-28(18)39-32(34)23(16-36-39)31(40)27-14-20-13-22(19-6-7-19)26(15-25(20)37-27)38-45(41,42)21-8-10-43-11-9-21/h2-5,12-17,19,21,37-38H,6-11,34H2,1H3. The van der Waals surface area contributed by atoms with E-state index in [2.05, 4.69) is 19.8 Å². The maximum Gasteiger partial charge on any atom is 0.235 e. The van der Waals surface area contributed by atoms with Crippen LogP contribution in [0.4, 0.5) is 15.9 Å². The van der Waals surface area contributed by atoms with E-state index in [0.717, 1.165) is 23.8 Å². The highest BCUT2D eigenvalue weighted by Crippen LogP contribution is 2.45. The van der Waals surface area contributed by atoms with Crippen LogP contribution in [0.2, 0.25) is 0 Å². The Balaban J connectivity index is 1.15. The Hall–Kier alpha value is -4.75. The van der Waals surface area contributed by atoms with Gasteiger partial charge in [0.25, 0.3) is 0 Å². The van der Waals surface area contributed by atoms with Gasteiger partial charge in [0.15, 0.2) is 11.6 Å². The van der Waals surface area contributed by atoms with Crippen LogP contribution in [0.25, 0.3) is 16.6 Å². The lowest BCUT2D eigenvalue weighted by molar-refractivity contribution is 0.0984. The number of carbonyl (C=O) groups is 1. The third kappa shape index (κ3) is 5.64. The van der Waals surface area contributed by atoms with Crippen LogP contribution in [0.15, 0.2) is 60.9 Å². The molecule has 0 unspecified atom stereocenters. The second-order valence-electron chi connectivity index (χ2n) is 11.5. The number of benzene rings is 2. The Bertz CT molecular complexity index is 2050. The van der Waals surface area contributed by atoms with E-state index < -0.39 is 21.1 Å². The van der Waals surface area contributed by atoms with E-state index in [0.29, 0.717) is 54.2 Å². The number of nitrogens with two attached hydrogens (primary N) is 1. The number of pyridine rings is 1. The maximum atomic E-state index is 14.0. The number of carbonyl (C=O) groups excluding carboxylic acids is 1. The molecule has 7 rings (SSSR count). The van der Waals surface area contributed by atoms with E-state index in [4.69, 9.17) is 15.2 Å². The largest absolute Gasteiger partial charge is 0.436 e. The first-order chi connectivity index (χ1) is 21.7. The molecular weight excluding hydrogens is 599 g/mol. The van der Waals surface area contributed by atoms with E-state index in [9.17, 15) is 17.6 Å². The number of fused-ring (bicyclic) bond motifs is 1.